The number of aryl methyl sites for hydroxylation is 2. The number of aromatic nitrogens is 1. The van der Waals surface area contributed by atoms with E-state index in [1.165, 1.54) is 11.1 Å². The van der Waals surface area contributed by atoms with Crippen molar-refractivity contribution >= 4 is 22.4 Å². The van der Waals surface area contributed by atoms with Gasteiger partial charge in [-0.2, -0.15) is 0 Å². The Balaban J connectivity index is 1.51. The van der Waals surface area contributed by atoms with Gasteiger partial charge in [0.2, 0.25) is 5.91 Å². The van der Waals surface area contributed by atoms with E-state index < -0.39 is 5.91 Å². The molecule has 0 spiro atoms. The van der Waals surface area contributed by atoms with Crippen molar-refractivity contribution in [3.63, 3.8) is 0 Å². The van der Waals surface area contributed by atoms with E-state index in [1.807, 2.05) is 18.2 Å². The quantitative estimate of drug-likeness (QED) is 0.438. The molecule has 6 nitrogen and oxygen atoms in total. The molecule has 4 rings (SSSR count). The van der Waals surface area contributed by atoms with Gasteiger partial charge in [-0.1, -0.05) is 25.1 Å². The average Bonchev–Trinajstić information content (AvgIpc) is 3.36. The summed E-state index contributed by atoms with van der Waals surface area (Å²) in [6.07, 6.45) is 4.93. The van der Waals surface area contributed by atoms with Gasteiger partial charge in [0.1, 0.15) is 5.75 Å². The highest BCUT2D eigenvalue weighted by Crippen LogP contribution is 2.35. The third-order valence-electron chi connectivity index (χ3n) is 6.42. The maximum atomic E-state index is 11.3. The smallest absolute Gasteiger partial charge is 0.248 e. The molecule has 34 heavy (non-hydrogen) atoms. The second-order valence-electron chi connectivity index (χ2n) is 8.61. The van der Waals surface area contributed by atoms with E-state index in [2.05, 4.69) is 29.3 Å². The predicted octanol–water partition coefficient (Wildman–Crippen LogP) is 5.10. The van der Waals surface area contributed by atoms with Gasteiger partial charge in [0, 0.05) is 42.3 Å². The van der Waals surface area contributed by atoms with Gasteiger partial charge >= 0.3 is 0 Å². The topological polar surface area (TPSA) is 77.7 Å². The molecule has 0 aliphatic carbocycles. The van der Waals surface area contributed by atoms with Gasteiger partial charge in [0.15, 0.2) is 5.13 Å². The average molecular weight is 480 g/mol. The highest BCUT2D eigenvalue weighted by atomic mass is 32.1. The van der Waals surface area contributed by atoms with Crippen LogP contribution in [0.15, 0.2) is 47.8 Å². The lowest BCUT2D eigenvalue weighted by atomic mass is 10.0. The van der Waals surface area contributed by atoms with E-state index in [1.54, 1.807) is 30.6 Å². The third kappa shape index (κ3) is 5.77. The summed E-state index contributed by atoms with van der Waals surface area (Å²) in [7, 11) is 1.71. The number of rotatable bonds is 10. The number of benzene rings is 2. The monoisotopic (exact) mass is 479 g/mol. The summed E-state index contributed by atoms with van der Waals surface area (Å²) in [5, 5.41) is 3.19. The van der Waals surface area contributed by atoms with Crippen LogP contribution in [0.4, 0.5) is 5.13 Å². The second kappa shape index (κ2) is 11.5. The number of primary amides is 1. The van der Waals surface area contributed by atoms with Crippen LogP contribution in [0.3, 0.4) is 0 Å². The van der Waals surface area contributed by atoms with Crippen LogP contribution in [0, 0.1) is 0 Å². The molecule has 180 valence electrons. The standard InChI is InChI=1S/C27H33N3O3S/c1-3-19-8-11-25(32-2)23(17-19)24-18-34-27(29-24)30(22-12-15-33-16-13-22)14-4-5-20-6-9-21(10-7-20)26(28)31/h6-11,17-18,22H,3-5,12-16H2,1-2H3,(H2,28,31). The van der Waals surface area contributed by atoms with Crippen LogP contribution in [-0.4, -0.2) is 43.8 Å². The molecule has 1 saturated heterocycles. The minimum atomic E-state index is -0.391. The van der Waals surface area contributed by atoms with Crippen LogP contribution in [0.2, 0.25) is 0 Å². The zero-order valence-electron chi connectivity index (χ0n) is 20.0. The lowest BCUT2D eigenvalue weighted by Crippen LogP contribution is -2.40. The van der Waals surface area contributed by atoms with E-state index in [-0.39, 0.29) is 0 Å². The first-order chi connectivity index (χ1) is 16.6. The van der Waals surface area contributed by atoms with E-state index in [4.69, 9.17) is 20.2 Å². The number of carbonyl (C=O) groups excluding carboxylic acids is 1. The molecule has 2 heterocycles. The summed E-state index contributed by atoms with van der Waals surface area (Å²) >= 11 is 1.70. The highest BCUT2D eigenvalue weighted by Gasteiger charge is 2.24. The highest BCUT2D eigenvalue weighted by molar-refractivity contribution is 7.14. The van der Waals surface area contributed by atoms with Crippen molar-refractivity contribution in [1.29, 1.82) is 0 Å². The van der Waals surface area contributed by atoms with Gasteiger partial charge < -0.3 is 20.1 Å². The van der Waals surface area contributed by atoms with E-state index in [0.29, 0.717) is 11.6 Å². The Morgan fingerprint density at radius 1 is 1.18 bits per heavy atom. The van der Waals surface area contributed by atoms with Crippen molar-refractivity contribution < 1.29 is 14.3 Å². The lowest BCUT2D eigenvalue weighted by Gasteiger charge is -2.34. The number of amides is 1. The number of methoxy groups -OCH3 is 1. The van der Waals surface area contributed by atoms with Crippen molar-refractivity contribution in [3.05, 3.63) is 64.5 Å². The van der Waals surface area contributed by atoms with Crippen molar-refractivity contribution in [2.75, 3.05) is 31.8 Å². The summed E-state index contributed by atoms with van der Waals surface area (Å²) in [6.45, 7) is 4.66. The van der Waals surface area contributed by atoms with Crippen LogP contribution in [-0.2, 0) is 17.6 Å². The Labute approximate surface area is 205 Å². The number of thiazole rings is 1. The first-order valence-corrected chi connectivity index (χ1v) is 12.8. The van der Waals surface area contributed by atoms with Crippen molar-refractivity contribution in [1.82, 2.24) is 4.98 Å². The zero-order chi connectivity index (χ0) is 23.9. The number of carbonyl (C=O) groups is 1. The molecular weight excluding hydrogens is 446 g/mol. The van der Waals surface area contributed by atoms with Gasteiger partial charge in [-0.05, 0) is 67.5 Å². The Morgan fingerprint density at radius 2 is 1.91 bits per heavy atom. The molecular formula is C27H33N3O3S. The third-order valence-corrected chi connectivity index (χ3v) is 7.30. The number of nitrogens with zero attached hydrogens (tertiary/aromatic N) is 2. The molecule has 2 N–H and O–H groups in total. The van der Waals surface area contributed by atoms with Gasteiger partial charge in [-0.3, -0.25) is 4.79 Å². The SMILES string of the molecule is CCc1ccc(OC)c(-c2csc(N(CCCc3ccc(C(N)=O)cc3)C3CCOCC3)n2)c1. The van der Waals surface area contributed by atoms with Crippen molar-refractivity contribution in [2.24, 2.45) is 5.73 Å². The van der Waals surface area contributed by atoms with Gasteiger partial charge in [-0.25, -0.2) is 4.98 Å². The maximum Gasteiger partial charge on any atom is 0.248 e. The van der Waals surface area contributed by atoms with Gasteiger partial charge in [0.25, 0.3) is 0 Å². The molecule has 0 unspecified atom stereocenters. The molecule has 1 fully saturated rings. The zero-order valence-corrected chi connectivity index (χ0v) is 20.8. The lowest BCUT2D eigenvalue weighted by molar-refractivity contribution is 0.0843. The fraction of sp³-hybridized carbons (Fsp3) is 0.407. The van der Waals surface area contributed by atoms with Crippen LogP contribution < -0.4 is 15.4 Å². The van der Waals surface area contributed by atoms with Crippen LogP contribution >= 0.6 is 11.3 Å². The Bertz CT molecular complexity index is 1090. The summed E-state index contributed by atoms with van der Waals surface area (Å²) in [6, 6.07) is 14.4. The molecule has 1 aliphatic heterocycles. The summed E-state index contributed by atoms with van der Waals surface area (Å²) in [5.41, 5.74) is 10.4. The second-order valence-corrected chi connectivity index (χ2v) is 9.44. The molecule has 0 bridgehead atoms. The number of anilines is 1. The minimum Gasteiger partial charge on any atom is -0.496 e. The predicted molar refractivity (Wildman–Crippen MR) is 138 cm³/mol. The Morgan fingerprint density at radius 3 is 2.59 bits per heavy atom. The minimum absolute atomic E-state index is 0.391. The molecule has 0 atom stereocenters. The normalized spacial score (nSPS) is 14.2. The first-order valence-electron chi connectivity index (χ1n) is 11.9. The number of ether oxygens (including phenoxy) is 2. The molecule has 0 saturated carbocycles. The summed E-state index contributed by atoms with van der Waals surface area (Å²) in [5.74, 6) is 0.462. The van der Waals surface area contributed by atoms with Gasteiger partial charge in [0.05, 0.1) is 12.8 Å². The van der Waals surface area contributed by atoms with Crippen LogP contribution in [0.5, 0.6) is 5.75 Å². The molecule has 1 aromatic heterocycles. The van der Waals surface area contributed by atoms with E-state index in [0.717, 1.165) is 74.0 Å². The number of hydrogen-bond acceptors (Lipinski definition) is 6. The maximum absolute atomic E-state index is 11.3. The molecule has 1 amide bonds. The molecule has 7 heteroatoms. The van der Waals surface area contributed by atoms with Crippen LogP contribution in [0.25, 0.3) is 11.3 Å². The first kappa shape index (κ1) is 24.2. The van der Waals surface area contributed by atoms with E-state index >= 15 is 0 Å². The molecule has 0 radical (unpaired) electrons. The fourth-order valence-electron chi connectivity index (χ4n) is 4.42. The molecule has 1 aliphatic rings. The Hall–Kier alpha value is -2.90. The van der Waals surface area contributed by atoms with Crippen LogP contribution in [0.1, 0.15) is 47.7 Å². The number of nitrogens with two attached hydrogens (primary N) is 1. The van der Waals surface area contributed by atoms with Crippen molar-refractivity contribution in [3.8, 4) is 17.0 Å². The molecule has 3 aromatic rings. The van der Waals surface area contributed by atoms with Crippen molar-refractivity contribution in [2.45, 2.75) is 45.1 Å². The molecule has 2 aromatic carbocycles. The number of hydrogen-bond donors (Lipinski definition) is 1. The Kier molecular flexibility index (Phi) is 8.19. The summed E-state index contributed by atoms with van der Waals surface area (Å²) in [4.78, 5) is 18.9. The fourth-order valence-corrected chi connectivity index (χ4v) is 5.34. The van der Waals surface area contributed by atoms with E-state index in [9.17, 15) is 4.79 Å². The largest absolute Gasteiger partial charge is 0.496 e. The van der Waals surface area contributed by atoms with Gasteiger partial charge in [-0.15, -0.1) is 11.3 Å². The summed E-state index contributed by atoms with van der Waals surface area (Å²) < 4.78 is 11.3.